The molecule has 5 nitrogen and oxygen atoms in total. The molecule has 2 rings (SSSR count). The Morgan fingerprint density at radius 2 is 2.00 bits per heavy atom. The van der Waals surface area contributed by atoms with Crippen LogP contribution in [-0.4, -0.2) is 24.5 Å². The predicted molar refractivity (Wildman–Crippen MR) is 83.7 cm³/mol. The summed E-state index contributed by atoms with van der Waals surface area (Å²) in [4.78, 5) is 4.25. The minimum atomic E-state index is -3.22. The van der Waals surface area contributed by atoms with Crippen LogP contribution in [-0.2, 0) is 13.6 Å². The van der Waals surface area contributed by atoms with Crippen LogP contribution in [0.25, 0.3) is 10.2 Å². The summed E-state index contributed by atoms with van der Waals surface area (Å²) in [6.07, 6.45) is -0.127. The Labute approximate surface area is 129 Å². The number of benzene rings is 1. The first-order valence-corrected chi connectivity index (χ1v) is 9.51. The third-order valence-corrected chi connectivity index (χ3v) is 5.38. The Bertz CT molecular complexity index is 623. The number of fused-ring (bicyclic) bond motifs is 1. The van der Waals surface area contributed by atoms with Gasteiger partial charge in [0.15, 0.2) is 6.35 Å². The Hall–Kier alpha value is -0.460. The fourth-order valence-corrected chi connectivity index (χ4v) is 4.29. The van der Waals surface area contributed by atoms with E-state index < -0.39 is 7.60 Å². The third-order valence-electron chi connectivity index (χ3n) is 2.40. The number of nitrogens with zero attached hydrogens (tertiary/aromatic N) is 1. The van der Waals surface area contributed by atoms with Crippen LogP contribution in [0.2, 0.25) is 0 Å². The average molecular weight is 380 g/mol. The van der Waals surface area contributed by atoms with Gasteiger partial charge in [0.05, 0.1) is 23.4 Å². The molecule has 0 saturated heterocycles. The van der Waals surface area contributed by atoms with E-state index in [0.717, 1.165) is 14.7 Å². The lowest BCUT2D eigenvalue weighted by Gasteiger charge is -2.17. The van der Waals surface area contributed by atoms with Gasteiger partial charge in [-0.1, -0.05) is 15.9 Å². The zero-order valence-electron chi connectivity index (χ0n) is 11.2. The van der Waals surface area contributed by atoms with Gasteiger partial charge >= 0.3 is 7.60 Å². The highest BCUT2D eigenvalue weighted by Gasteiger charge is 2.25. The van der Waals surface area contributed by atoms with E-state index in [2.05, 4.69) is 20.9 Å². The quantitative estimate of drug-likeness (QED) is 0.654. The number of thiazole rings is 1. The molecule has 0 unspecified atom stereocenters. The molecule has 0 atom stereocenters. The largest absolute Gasteiger partial charge is 0.479 e. The van der Waals surface area contributed by atoms with E-state index in [0.29, 0.717) is 19.0 Å². The zero-order chi connectivity index (χ0) is 14.6. The maximum Gasteiger partial charge on any atom is 0.367 e. The lowest BCUT2D eigenvalue weighted by atomic mass is 10.3. The molecule has 1 aromatic heterocycles. The SMILES string of the molecule is CCOP(=O)(COc1cc(Br)cc2scnc12)OCC. The molecule has 8 heteroatoms. The van der Waals surface area contributed by atoms with Crippen molar-refractivity contribution in [2.45, 2.75) is 13.8 Å². The predicted octanol–water partition coefficient (Wildman–Crippen LogP) is 4.66. The molecule has 2 aromatic rings. The van der Waals surface area contributed by atoms with Gasteiger partial charge in [-0.05, 0) is 26.0 Å². The Morgan fingerprint density at radius 1 is 1.30 bits per heavy atom. The van der Waals surface area contributed by atoms with Crippen molar-refractivity contribution in [2.24, 2.45) is 0 Å². The van der Waals surface area contributed by atoms with Crippen molar-refractivity contribution < 1.29 is 18.3 Å². The van der Waals surface area contributed by atoms with Crippen LogP contribution in [0, 0.1) is 0 Å². The van der Waals surface area contributed by atoms with E-state index >= 15 is 0 Å². The van der Waals surface area contributed by atoms with Gasteiger partial charge < -0.3 is 13.8 Å². The maximum absolute atomic E-state index is 12.3. The van der Waals surface area contributed by atoms with Crippen LogP contribution in [0.1, 0.15) is 13.8 Å². The van der Waals surface area contributed by atoms with Crippen molar-refractivity contribution >= 4 is 45.1 Å². The molecule has 110 valence electrons. The number of ether oxygens (including phenoxy) is 1. The first-order valence-electron chi connectivity index (χ1n) is 6.11. The Balaban J connectivity index is 2.19. The topological polar surface area (TPSA) is 57.7 Å². The molecule has 0 aliphatic heterocycles. The van der Waals surface area contributed by atoms with Gasteiger partial charge in [0.2, 0.25) is 0 Å². The van der Waals surface area contributed by atoms with Crippen molar-refractivity contribution in [2.75, 3.05) is 19.6 Å². The summed E-state index contributed by atoms with van der Waals surface area (Å²) in [5.74, 6) is 0.565. The normalized spacial score (nSPS) is 11.9. The summed E-state index contributed by atoms with van der Waals surface area (Å²) in [5, 5.41) is 0. The first kappa shape index (κ1) is 15.9. The number of rotatable bonds is 7. The fourth-order valence-electron chi connectivity index (χ4n) is 1.67. The van der Waals surface area contributed by atoms with Gasteiger partial charge in [-0.25, -0.2) is 4.98 Å². The second-order valence-corrected chi connectivity index (χ2v) is 7.62. The van der Waals surface area contributed by atoms with Gasteiger partial charge in [0, 0.05) is 4.47 Å². The summed E-state index contributed by atoms with van der Waals surface area (Å²) < 4.78 is 30.2. The first-order chi connectivity index (χ1) is 9.58. The minimum Gasteiger partial charge on any atom is -0.479 e. The maximum atomic E-state index is 12.3. The number of halogens is 1. The lowest BCUT2D eigenvalue weighted by molar-refractivity contribution is 0.197. The molecular formula is C12H15BrNO4PS. The summed E-state index contributed by atoms with van der Waals surface area (Å²) in [6.45, 7) is 4.16. The molecule has 1 heterocycles. The van der Waals surface area contributed by atoms with E-state index in [1.54, 1.807) is 25.4 Å². The van der Waals surface area contributed by atoms with Crippen molar-refractivity contribution in [3.63, 3.8) is 0 Å². The molecule has 0 N–H and O–H groups in total. The molecule has 0 saturated carbocycles. The summed E-state index contributed by atoms with van der Waals surface area (Å²) >= 11 is 4.93. The van der Waals surface area contributed by atoms with Gasteiger partial charge in [0.1, 0.15) is 11.3 Å². The monoisotopic (exact) mass is 379 g/mol. The lowest BCUT2D eigenvalue weighted by Crippen LogP contribution is -2.06. The van der Waals surface area contributed by atoms with E-state index in [1.165, 1.54) is 11.3 Å². The zero-order valence-corrected chi connectivity index (χ0v) is 14.5. The van der Waals surface area contributed by atoms with Crippen LogP contribution in [0.3, 0.4) is 0 Å². The van der Waals surface area contributed by atoms with Gasteiger partial charge in [-0.2, -0.15) is 0 Å². The van der Waals surface area contributed by atoms with E-state index in [-0.39, 0.29) is 6.35 Å². The molecule has 20 heavy (non-hydrogen) atoms. The molecule has 0 amide bonds. The van der Waals surface area contributed by atoms with Crippen LogP contribution >= 0.6 is 34.9 Å². The molecule has 0 fully saturated rings. The molecule has 1 aromatic carbocycles. The van der Waals surface area contributed by atoms with E-state index in [9.17, 15) is 4.57 Å². The summed E-state index contributed by atoms with van der Waals surface area (Å²) in [7, 11) is -3.22. The number of hydrogen-bond acceptors (Lipinski definition) is 6. The number of hydrogen-bond donors (Lipinski definition) is 0. The van der Waals surface area contributed by atoms with Gasteiger partial charge in [-0.15, -0.1) is 11.3 Å². The highest BCUT2D eigenvalue weighted by molar-refractivity contribution is 9.10. The van der Waals surface area contributed by atoms with E-state index in [4.69, 9.17) is 13.8 Å². The van der Waals surface area contributed by atoms with Crippen LogP contribution in [0.15, 0.2) is 22.1 Å². The molecule has 0 aliphatic carbocycles. The highest BCUT2D eigenvalue weighted by Crippen LogP contribution is 2.48. The summed E-state index contributed by atoms with van der Waals surface area (Å²) in [5.41, 5.74) is 2.49. The molecular weight excluding hydrogens is 365 g/mol. The number of aromatic nitrogens is 1. The van der Waals surface area contributed by atoms with Crippen LogP contribution in [0.4, 0.5) is 0 Å². The fraction of sp³-hybridized carbons (Fsp3) is 0.417. The minimum absolute atomic E-state index is 0.127. The second kappa shape index (κ2) is 7.00. The Kier molecular flexibility index (Phi) is 5.57. The van der Waals surface area contributed by atoms with Crippen molar-refractivity contribution in [3.05, 3.63) is 22.1 Å². The van der Waals surface area contributed by atoms with Crippen LogP contribution in [0.5, 0.6) is 5.75 Å². The van der Waals surface area contributed by atoms with Gasteiger partial charge in [0.25, 0.3) is 0 Å². The second-order valence-electron chi connectivity index (χ2n) is 3.82. The standard InChI is InChI=1S/C12H15BrNO4PS/c1-3-17-19(15,18-4-2)8-16-10-5-9(13)6-11-12(10)14-7-20-11/h5-7H,3-4,8H2,1-2H3. The smallest absolute Gasteiger partial charge is 0.367 e. The van der Waals surface area contributed by atoms with Crippen LogP contribution < -0.4 is 4.74 Å². The summed E-state index contributed by atoms with van der Waals surface area (Å²) in [6, 6.07) is 3.76. The average Bonchev–Trinajstić information content (AvgIpc) is 2.84. The molecule has 0 bridgehead atoms. The molecule has 0 aliphatic rings. The van der Waals surface area contributed by atoms with Gasteiger partial charge in [-0.3, -0.25) is 4.57 Å². The van der Waals surface area contributed by atoms with E-state index in [1.807, 2.05) is 6.07 Å². The molecule has 0 radical (unpaired) electrons. The van der Waals surface area contributed by atoms with Crippen molar-refractivity contribution in [3.8, 4) is 5.75 Å². The van der Waals surface area contributed by atoms with Crippen molar-refractivity contribution in [1.82, 2.24) is 4.98 Å². The highest BCUT2D eigenvalue weighted by atomic mass is 79.9. The third kappa shape index (κ3) is 3.80. The molecule has 0 spiro atoms. The van der Waals surface area contributed by atoms with Crippen molar-refractivity contribution in [1.29, 1.82) is 0 Å². The Morgan fingerprint density at radius 3 is 2.65 bits per heavy atom.